The van der Waals surface area contributed by atoms with E-state index in [1.807, 2.05) is 0 Å². The van der Waals surface area contributed by atoms with E-state index in [0.717, 1.165) is 0 Å². The smallest absolute Gasteiger partial charge is 0.174 e. The van der Waals surface area contributed by atoms with Gasteiger partial charge in [0.2, 0.25) is 0 Å². The molecule has 0 spiro atoms. The predicted octanol–water partition coefficient (Wildman–Crippen LogP) is 1.96. The highest BCUT2D eigenvalue weighted by atomic mass is 35.5. The average molecular weight is 212 g/mol. The Morgan fingerprint density at radius 1 is 1.64 bits per heavy atom. The molecule has 0 amide bonds. The Kier molecular flexibility index (Phi) is 1.58. The number of anilines is 1. The van der Waals surface area contributed by atoms with Crippen LogP contribution in [0, 0.1) is 0 Å². The maximum Gasteiger partial charge on any atom is 0.174 e. The molecular weight excluding hydrogens is 200 g/mol. The largest absolute Gasteiger partial charge is 0.384 e. The zero-order valence-corrected chi connectivity index (χ0v) is 7.86. The van der Waals surface area contributed by atoms with Crippen molar-refractivity contribution >= 4 is 17.3 Å². The van der Waals surface area contributed by atoms with Crippen LogP contribution in [-0.4, -0.2) is 21.7 Å². The van der Waals surface area contributed by atoms with Crippen molar-refractivity contribution < 1.29 is 4.11 Å². The molecule has 0 unspecified atom stereocenters. The fourth-order valence-electron chi connectivity index (χ4n) is 1.06. The maximum atomic E-state index is 7.09. The predicted molar refractivity (Wildman–Crippen MR) is 55.9 cm³/mol. The van der Waals surface area contributed by atoms with Crippen LogP contribution in [-0.2, 0) is 0 Å². The van der Waals surface area contributed by atoms with Crippen molar-refractivity contribution in [2.24, 2.45) is 0 Å². The number of nitrogens with zero attached hydrogens (tertiary/aromatic N) is 3. The van der Waals surface area contributed by atoms with Gasteiger partial charge in [0.25, 0.3) is 0 Å². The molecule has 0 saturated heterocycles. The van der Waals surface area contributed by atoms with E-state index in [1.165, 1.54) is 10.9 Å². The van der Waals surface area contributed by atoms with E-state index in [-0.39, 0.29) is 10.8 Å². The highest BCUT2D eigenvalue weighted by Crippen LogP contribution is 2.20. The number of pyridine rings is 1. The maximum absolute atomic E-state index is 7.09. The molecule has 2 heterocycles. The Morgan fingerprint density at radius 3 is 3.29 bits per heavy atom. The molecule has 72 valence electrons. The molecule has 1 N–H and O–H groups in total. The van der Waals surface area contributed by atoms with Crippen molar-refractivity contribution in [1.29, 1.82) is 0 Å². The third-order valence-electron chi connectivity index (χ3n) is 1.71. The van der Waals surface area contributed by atoms with E-state index >= 15 is 0 Å². The van der Waals surface area contributed by atoms with Gasteiger partial charge in [-0.2, -0.15) is 5.10 Å². The minimum atomic E-state index is -2.30. The van der Waals surface area contributed by atoms with Crippen molar-refractivity contribution in [2.45, 2.75) is 0 Å². The van der Waals surface area contributed by atoms with Crippen LogP contribution in [0.1, 0.15) is 4.11 Å². The Bertz CT molecular complexity index is 509. The highest BCUT2D eigenvalue weighted by Gasteiger charge is 2.05. The van der Waals surface area contributed by atoms with Gasteiger partial charge in [-0.05, 0) is 12.1 Å². The first-order chi connectivity index (χ1) is 7.96. The van der Waals surface area contributed by atoms with Crippen molar-refractivity contribution in [3.63, 3.8) is 0 Å². The van der Waals surface area contributed by atoms with Crippen LogP contribution in [0.4, 0.5) is 5.69 Å². The Balaban J connectivity index is 2.31. The van der Waals surface area contributed by atoms with Gasteiger partial charge in [0.1, 0.15) is 0 Å². The van der Waals surface area contributed by atoms with Crippen LogP contribution in [0.5, 0.6) is 0 Å². The van der Waals surface area contributed by atoms with Crippen LogP contribution >= 0.6 is 11.6 Å². The number of nitrogens with one attached hydrogen (secondary N) is 1. The van der Waals surface area contributed by atoms with Crippen LogP contribution in [0.15, 0.2) is 30.7 Å². The third-order valence-corrected chi connectivity index (χ3v) is 1.99. The summed E-state index contributed by atoms with van der Waals surface area (Å²) in [5.41, 5.74) is 0.962. The van der Waals surface area contributed by atoms with Gasteiger partial charge in [0.05, 0.1) is 23.8 Å². The quantitative estimate of drug-likeness (QED) is 0.826. The molecule has 0 fully saturated rings. The van der Waals surface area contributed by atoms with Gasteiger partial charge in [-0.1, -0.05) is 11.6 Å². The molecule has 0 radical (unpaired) electrons. The summed E-state index contributed by atoms with van der Waals surface area (Å²) in [5.74, 6) is 0. The number of aromatic nitrogens is 3. The summed E-state index contributed by atoms with van der Waals surface area (Å²) in [6.07, 6.45) is 4.74. The second-order valence-corrected chi connectivity index (χ2v) is 2.97. The normalized spacial score (nSPS) is 14.2. The number of halogens is 1. The SMILES string of the molecule is [2H]C([2H])([2H])Nc1cn(-c2cccnc2)nc1Cl. The van der Waals surface area contributed by atoms with E-state index in [9.17, 15) is 0 Å². The van der Waals surface area contributed by atoms with Crippen LogP contribution in [0.2, 0.25) is 5.15 Å². The lowest BCUT2D eigenvalue weighted by Crippen LogP contribution is -1.94. The topological polar surface area (TPSA) is 42.7 Å². The summed E-state index contributed by atoms with van der Waals surface area (Å²) in [6.45, 7) is -2.30. The van der Waals surface area contributed by atoms with Crippen LogP contribution < -0.4 is 5.32 Å². The summed E-state index contributed by atoms with van der Waals surface area (Å²) < 4.78 is 22.7. The average Bonchev–Trinajstić information content (AvgIpc) is 2.59. The fraction of sp³-hybridized carbons (Fsp3) is 0.111. The molecule has 0 aliphatic rings. The molecule has 2 aromatic heterocycles. The van der Waals surface area contributed by atoms with E-state index < -0.39 is 6.98 Å². The lowest BCUT2D eigenvalue weighted by atomic mass is 10.4. The summed E-state index contributed by atoms with van der Waals surface area (Å²) in [4.78, 5) is 3.94. The van der Waals surface area contributed by atoms with Gasteiger partial charge >= 0.3 is 0 Å². The number of rotatable bonds is 2. The van der Waals surface area contributed by atoms with Gasteiger partial charge < -0.3 is 5.32 Å². The van der Waals surface area contributed by atoms with Gasteiger partial charge in [-0.25, -0.2) is 4.68 Å². The van der Waals surface area contributed by atoms with Gasteiger partial charge in [0, 0.05) is 17.3 Å². The minimum Gasteiger partial charge on any atom is -0.384 e. The molecule has 0 atom stereocenters. The first kappa shape index (κ1) is 6.03. The molecule has 5 heteroatoms. The van der Waals surface area contributed by atoms with E-state index in [0.29, 0.717) is 5.69 Å². The second kappa shape index (κ2) is 3.67. The molecule has 0 aromatic carbocycles. The molecule has 0 saturated carbocycles. The molecule has 0 bridgehead atoms. The molecule has 0 aliphatic carbocycles. The second-order valence-electron chi connectivity index (χ2n) is 2.61. The number of hydrogen-bond donors (Lipinski definition) is 1. The van der Waals surface area contributed by atoms with Crippen molar-refractivity contribution in [2.75, 3.05) is 12.3 Å². The lowest BCUT2D eigenvalue weighted by Gasteiger charge is -1.97. The summed E-state index contributed by atoms with van der Waals surface area (Å²) in [5, 5.41) is 6.40. The highest BCUT2D eigenvalue weighted by molar-refractivity contribution is 6.31. The molecule has 2 aromatic rings. The van der Waals surface area contributed by atoms with Gasteiger partial charge in [-0.3, -0.25) is 4.98 Å². The molecule has 0 aliphatic heterocycles. The number of hydrogen-bond acceptors (Lipinski definition) is 3. The standard InChI is InChI=1S/C9H9ClN4/c1-11-8-6-14(13-9(8)10)7-3-2-4-12-5-7/h2-6,11H,1H3/i1D3. The van der Waals surface area contributed by atoms with E-state index in [1.54, 1.807) is 24.5 Å². The van der Waals surface area contributed by atoms with Crippen LogP contribution in [0.3, 0.4) is 0 Å². The Hall–Kier alpha value is -1.55. The zero-order chi connectivity index (χ0) is 12.5. The van der Waals surface area contributed by atoms with E-state index in [2.05, 4.69) is 15.4 Å². The van der Waals surface area contributed by atoms with E-state index in [4.69, 9.17) is 15.7 Å². The van der Waals surface area contributed by atoms with Gasteiger partial charge in [-0.15, -0.1) is 0 Å². The van der Waals surface area contributed by atoms with Crippen molar-refractivity contribution in [1.82, 2.24) is 14.8 Å². The molecule has 2 rings (SSSR count). The van der Waals surface area contributed by atoms with Gasteiger partial charge in [0.15, 0.2) is 5.15 Å². The monoisotopic (exact) mass is 211 g/mol. The van der Waals surface area contributed by atoms with Crippen molar-refractivity contribution in [3.05, 3.63) is 35.9 Å². The zero-order valence-electron chi connectivity index (χ0n) is 10.1. The summed E-state index contributed by atoms with van der Waals surface area (Å²) >= 11 is 5.84. The molecule has 14 heavy (non-hydrogen) atoms. The molecular formula is C9H9ClN4. The molecule has 4 nitrogen and oxygen atoms in total. The fourth-order valence-corrected chi connectivity index (χ4v) is 1.24. The first-order valence-corrected chi connectivity index (χ1v) is 4.27. The third kappa shape index (κ3) is 1.56. The van der Waals surface area contributed by atoms with Crippen LogP contribution in [0.25, 0.3) is 5.69 Å². The first-order valence-electron chi connectivity index (χ1n) is 5.39. The summed E-state index contributed by atoms with van der Waals surface area (Å²) in [7, 11) is 0. The van der Waals surface area contributed by atoms with Crippen molar-refractivity contribution in [3.8, 4) is 5.69 Å². The lowest BCUT2D eigenvalue weighted by molar-refractivity contribution is 0.874. The summed E-state index contributed by atoms with van der Waals surface area (Å²) in [6, 6.07) is 3.54. The minimum absolute atomic E-state index is 0.102. The Labute approximate surface area is 90.7 Å². The Morgan fingerprint density at radius 2 is 2.57 bits per heavy atom.